The van der Waals surface area contributed by atoms with Crippen LogP contribution in [0.1, 0.15) is 67.2 Å². The third-order valence-corrected chi connectivity index (χ3v) is 8.58. The Bertz CT molecular complexity index is 1690. The van der Waals surface area contributed by atoms with Crippen molar-refractivity contribution in [2.75, 3.05) is 31.6 Å². The summed E-state index contributed by atoms with van der Waals surface area (Å²) in [5, 5.41) is 6.42. The molecule has 4 aromatic rings. The molecule has 1 aliphatic rings. The van der Waals surface area contributed by atoms with Gasteiger partial charge < -0.3 is 24.7 Å². The Kier molecular flexibility index (Phi) is 9.86. The van der Waals surface area contributed by atoms with Crippen LogP contribution in [0.2, 0.25) is 0 Å². The van der Waals surface area contributed by atoms with Gasteiger partial charge in [0.25, 0.3) is 11.8 Å². The number of ether oxygens (including phenoxy) is 1. The first-order valence-corrected chi connectivity index (χ1v) is 15.7. The lowest BCUT2D eigenvalue weighted by molar-refractivity contribution is -0.150. The molecule has 9 heteroatoms. The van der Waals surface area contributed by atoms with Crippen LogP contribution >= 0.6 is 0 Å². The van der Waals surface area contributed by atoms with E-state index in [4.69, 9.17) is 9.15 Å². The lowest BCUT2D eigenvalue weighted by Gasteiger charge is -2.30. The standard InChI is InChI=1S/C36H40FN3O5/c1-5-40(6-2)30-21-31-28(32(35(42)38-4)33(45-31)22-15-17-25(37)18-16-22)20-27(30)23-11-10-12-24(19-23)34(41)39-29-14-9-8-13-26(29)36(43)44-7-3/h10-12,15-21,26,29H,5-9,13-14H2,1-4H3,(H,38,42)(H,39,41). The molecule has 0 aliphatic heterocycles. The Balaban J connectivity index is 1.59. The first-order valence-electron chi connectivity index (χ1n) is 15.7. The van der Waals surface area contributed by atoms with Crippen LogP contribution in [0.15, 0.2) is 65.1 Å². The molecule has 45 heavy (non-hydrogen) atoms. The van der Waals surface area contributed by atoms with Gasteiger partial charge in [-0.25, -0.2) is 4.39 Å². The molecule has 236 valence electrons. The average molecular weight is 614 g/mol. The number of nitrogens with zero attached hydrogens (tertiary/aromatic N) is 1. The molecule has 0 spiro atoms. The van der Waals surface area contributed by atoms with Crippen LogP contribution in [0.5, 0.6) is 0 Å². The number of hydrogen-bond donors (Lipinski definition) is 2. The molecule has 2 amide bonds. The Labute approximate surface area is 262 Å². The molecule has 1 aromatic heterocycles. The maximum absolute atomic E-state index is 13.7. The normalized spacial score (nSPS) is 16.3. The van der Waals surface area contributed by atoms with Crippen molar-refractivity contribution in [2.45, 2.75) is 52.5 Å². The van der Waals surface area contributed by atoms with Crippen molar-refractivity contribution in [3.8, 4) is 22.5 Å². The van der Waals surface area contributed by atoms with Gasteiger partial charge in [-0.05, 0) is 81.6 Å². The van der Waals surface area contributed by atoms with Gasteiger partial charge in [0.05, 0.1) is 18.1 Å². The number of halogens is 1. The van der Waals surface area contributed by atoms with Crippen LogP contribution in [-0.4, -0.2) is 50.6 Å². The number of fused-ring (bicyclic) bond motifs is 1. The van der Waals surface area contributed by atoms with E-state index in [1.165, 1.54) is 12.1 Å². The van der Waals surface area contributed by atoms with Crippen molar-refractivity contribution in [3.63, 3.8) is 0 Å². The molecule has 0 bridgehead atoms. The van der Waals surface area contributed by atoms with Crippen molar-refractivity contribution in [1.29, 1.82) is 0 Å². The van der Waals surface area contributed by atoms with Gasteiger partial charge in [-0.2, -0.15) is 0 Å². The summed E-state index contributed by atoms with van der Waals surface area (Å²) in [5.74, 6) is -1.24. The second-order valence-electron chi connectivity index (χ2n) is 11.2. The van der Waals surface area contributed by atoms with Crippen LogP contribution in [0, 0.1) is 11.7 Å². The molecule has 5 rings (SSSR count). The number of anilines is 1. The zero-order valence-corrected chi connectivity index (χ0v) is 26.2. The summed E-state index contributed by atoms with van der Waals surface area (Å²) in [5.41, 5.74) is 4.45. The quantitative estimate of drug-likeness (QED) is 0.188. The van der Waals surface area contributed by atoms with Gasteiger partial charge in [-0.1, -0.05) is 25.0 Å². The molecule has 1 aliphatic carbocycles. The number of benzene rings is 3. The van der Waals surface area contributed by atoms with E-state index < -0.39 is 0 Å². The minimum atomic E-state index is -0.383. The van der Waals surface area contributed by atoms with E-state index in [2.05, 4.69) is 29.4 Å². The summed E-state index contributed by atoms with van der Waals surface area (Å²) >= 11 is 0. The van der Waals surface area contributed by atoms with E-state index in [0.717, 1.165) is 49.2 Å². The molecule has 2 unspecified atom stereocenters. The van der Waals surface area contributed by atoms with Crippen LogP contribution < -0.4 is 15.5 Å². The number of hydrogen-bond acceptors (Lipinski definition) is 6. The molecule has 2 atom stereocenters. The zero-order chi connectivity index (χ0) is 32.1. The number of amides is 2. The first-order chi connectivity index (χ1) is 21.8. The zero-order valence-electron chi connectivity index (χ0n) is 26.2. The number of furan rings is 1. The van der Waals surface area contributed by atoms with Crippen molar-refractivity contribution in [3.05, 3.63) is 77.6 Å². The van der Waals surface area contributed by atoms with E-state index in [1.54, 1.807) is 32.2 Å². The van der Waals surface area contributed by atoms with Crippen molar-refractivity contribution in [2.24, 2.45) is 5.92 Å². The molecule has 1 fully saturated rings. The van der Waals surface area contributed by atoms with Gasteiger partial charge in [-0.15, -0.1) is 0 Å². The third-order valence-electron chi connectivity index (χ3n) is 8.58. The van der Waals surface area contributed by atoms with Crippen molar-refractivity contribution < 1.29 is 27.9 Å². The average Bonchev–Trinajstić information content (AvgIpc) is 3.43. The van der Waals surface area contributed by atoms with Crippen LogP contribution in [0.3, 0.4) is 0 Å². The largest absolute Gasteiger partial charge is 0.466 e. The van der Waals surface area contributed by atoms with E-state index >= 15 is 0 Å². The van der Waals surface area contributed by atoms with E-state index in [0.29, 0.717) is 46.4 Å². The Morgan fingerprint density at radius 3 is 2.36 bits per heavy atom. The number of esters is 1. The highest BCUT2D eigenvalue weighted by Gasteiger charge is 2.33. The summed E-state index contributed by atoms with van der Waals surface area (Å²) in [6.07, 6.45) is 3.27. The second-order valence-corrected chi connectivity index (χ2v) is 11.2. The van der Waals surface area contributed by atoms with E-state index in [1.807, 2.05) is 30.3 Å². The summed E-state index contributed by atoms with van der Waals surface area (Å²) in [6.45, 7) is 7.66. The fourth-order valence-corrected chi connectivity index (χ4v) is 6.26. The van der Waals surface area contributed by atoms with Gasteiger partial charge in [0.2, 0.25) is 0 Å². The molecule has 1 heterocycles. The Morgan fingerprint density at radius 1 is 0.933 bits per heavy atom. The highest BCUT2D eigenvalue weighted by atomic mass is 19.1. The second kappa shape index (κ2) is 14.0. The van der Waals surface area contributed by atoms with Gasteiger partial charge in [-0.3, -0.25) is 14.4 Å². The highest BCUT2D eigenvalue weighted by Crippen LogP contribution is 2.41. The lowest BCUT2D eigenvalue weighted by atomic mass is 9.84. The van der Waals surface area contributed by atoms with E-state index in [-0.39, 0.29) is 35.6 Å². The monoisotopic (exact) mass is 613 g/mol. The number of carbonyl (C=O) groups is 3. The fourth-order valence-electron chi connectivity index (χ4n) is 6.26. The van der Waals surface area contributed by atoms with Crippen LogP contribution in [-0.2, 0) is 9.53 Å². The highest BCUT2D eigenvalue weighted by molar-refractivity contribution is 6.13. The SMILES string of the molecule is CCOC(=O)C1CCCCC1NC(=O)c1cccc(-c2cc3c(C(=O)NC)c(-c4ccc(F)cc4)oc3cc2N(CC)CC)c1. The number of carbonyl (C=O) groups excluding carboxylic acids is 3. The third kappa shape index (κ3) is 6.57. The summed E-state index contributed by atoms with van der Waals surface area (Å²) in [4.78, 5) is 41.6. The molecule has 0 radical (unpaired) electrons. The molecule has 3 aromatic carbocycles. The molecule has 2 N–H and O–H groups in total. The number of nitrogens with one attached hydrogen (secondary N) is 2. The topological polar surface area (TPSA) is 101 Å². The van der Waals surface area contributed by atoms with Crippen LogP contribution in [0.4, 0.5) is 10.1 Å². The smallest absolute Gasteiger partial charge is 0.311 e. The van der Waals surface area contributed by atoms with E-state index in [9.17, 15) is 18.8 Å². The van der Waals surface area contributed by atoms with Gasteiger partial charge in [0, 0.05) is 60.0 Å². The summed E-state index contributed by atoms with van der Waals surface area (Å²) < 4.78 is 25.3. The first kappa shape index (κ1) is 31.8. The van der Waals surface area contributed by atoms with Gasteiger partial charge in [0.1, 0.15) is 17.2 Å². The molecule has 0 saturated heterocycles. The molecule has 1 saturated carbocycles. The Morgan fingerprint density at radius 2 is 1.67 bits per heavy atom. The molecular weight excluding hydrogens is 573 g/mol. The lowest BCUT2D eigenvalue weighted by Crippen LogP contribution is -2.45. The summed E-state index contributed by atoms with van der Waals surface area (Å²) in [7, 11) is 1.56. The fraction of sp³-hybridized carbons (Fsp3) is 0.361. The molecular formula is C36H40FN3O5. The van der Waals surface area contributed by atoms with Gasteiger partial charge >= 0.3 is 5.97 Å². The van der Waals surface area contributed by atoms with Crippen molar-refractivity contribution in [1.82, 2.24) is 10.6 Å². The number of rotatable bonds is 10. The predicted octanol–water partition coefficient (Wildman–Crippen LogP) is 6.96. The Hall–Kier alpha value is -4.66. The summed E-state index contributed by atoms with van der Waals surface area (Å²) in [6, 6.07) is 16.8. The minimum absolute atomic E-state index is 0.253. The maximum atomic E-state index is 13.7. The van der Waals surface area contributed by atoms with Crippen LogP contribution in [0.25, 0.3) is 33.4 Å². The maximum Gasteiger partial charge on any atom is 0.311 e. The predicted molar refractivity (Wildman–Crippen MR) is 174 cm³/mol. The minimum Gasteiger partial charge on any atom is -0.466 e. The molecule has 8 nitrogen and oxygen atoms in total. The van der Waals surface area contributed by atoms with Crippen molar-refractivity contribution >= 4 is 34.4 Å². The van der Waals surface area contributed by atoms with Gasteiger partial charge in [0.15, 0.2) is 0 Å².